The van der Waals surface area contributed by atoms with E-state index in [9.17, 15) is 10.1 Å². The number of hydrogen-bond acceptors (Lipinski definition) is 5. The molecule has 0 bridgehead atoms. The van der Waals surface area contributed by atoms with Crippen molar-refractivity contribution < 1.29 is 4.92 Å². The lowest BCUT2D eigenvalue weighted by atomic mass is 10.1. The van der Waals surface area contributed by atoms with Gasteiger partial charge in [0.2, 0.25) is 5.82 Å². The average Bonchev–Trinajstić information content (AvgIpc) is 2.97. The van der Waals surface area contributed by atoms with E-state index < -0.39 is 0 Å². The van der Waals surface area contributed by atoms with Gasteiger partial charge < -0.3 is 10.6 Å². The molecule has 1 aliphatic heterocycles. The number of hydrogen-bond donors (Lipinski definition) is 2. The third-order valence-electron chi connectivity index (χ3n) is 3.59. The number of nitrogens with zero attached hydrogens (tertiary/aromatic N) is 3. The van der Waals surface area contributed by atoms with Gasteiger partial charge in [0, 0.05) is 13.1 Å². The van der Waals surface area contributed by atoms with E-state index >= 15 is 0 Å². The highest BCUT2D eigenvalue weighted by Gasteiger charge is 2.24. The van der Waals surface area contributed by atoms with Crippen LogP contribution in [0.1, 0.15) is 25.5 Å². The Morgan fingerprint density at radius 2 is 2.42 bits per heavy atom. The minimum Gasteiger partial charge on any atom is -0.365 e. The van der Waals surface area contributed by atoms with Crippen molar-refractivity contribution in [2.24, 2.45) is 5.92 Å². The first-order valence-electron chi connectivity index (χ1n) is 6.79. The minimum atomic E-state index is -0.353. The first-order valence-corrected chi connectivity index (χ1v) is 6.79. The van der Waals surface area contributed by atoms with Gasteiger partial charge in [-0.25, -0.2) is 4.68 Å². The molecule has 1 aromatic heterocycles. The highest BCUT2D eigenvalue weighted by atomic mass is 16.6. The summed E-state index contributed by atoms with van der Waals surface area (Å²) in [5.74, 6) is 1.21. The molecule has 1 saturated heterocycles. The lowest BCUT2D eigenvalue weighted by Gasteiger charge is -2.10. The van der Waals surface area contributed by atoms with E-state index in [1.165, 1.54) is 6.42 Å². The zero-order valence-electron chi connectivity index (χ0n) is 11.5. The topological polar surface area (TPSA) is 85.0 Å². The number of aryl methyl sites for hydroxylation is 2. The van der Waals surface area contributed by atoms with Gasteiger partial charge in [-0.2, -0.15) is 5.10 Å². The summed E-state index contributed by atoms with van der Waals surface area (Å²) in [7, 11) is 0. The van der Waals surface area contributed by atoms with E-state index in [1.54, 1.807) is 11.6 Å². The van der Waals surface area contributed by atoms with Crippen LogP contribution in [0.3, 0.4) is 0 Å². The third kappa shape index (κ3) is 3.04. The maximum absolute atomic E-state index is 11.1. The molecule has 2 heterocycles. The smallest absolute Gasteiger partial charge is 0.333 e. The SMILES string of the molecule is CCn1nc(C)c([N+](=O)[O-])c1NCCC1CCNC1. The highest BCUT2D eigenvalue weighted by molar-refractivity contribution is 5.59. The number of rotatable bonds is 6. The Morgan fingerprint density at radius 1 is 1.63 bits per heavy atom. The fraction of sp³-hybridized carbons (Fsp3) is 0.750. The van der Waals surface area contributed by atoms with Crippen LogP contribution in [0.15, 0.2) is 0 Å². The van der Waals surface area contributed by atoms with Gasteiger partial charge in [-0.1, -0.05) is 0 Å². The summed E-state index contributed by atoms with van der Waals surface area (Å²) in [5, 5.41) is 21.8. The van der Waals surface area contributed by atoms with Gasteiger partial charge >= 0.3 is 5.69 Å². The van der Waals surface area contributed by atoms with Gasteiger partial charge in [-0.3, -0.25) is 10.1 Å². The molecule has 1 atom stereocenters. The van der Waals surface area contributed by atoms with E-state index in [1.807, 2.05) is 6.92 Å². The monoisotopic (exact) mass is 267 g/mol. The summed E-state index contributed by atoms with van der Waals surface area (Å²) < 4.78 is 1.67. The maximum Gasteiger partial charge on any atom is 0.333 e. The van der Waals surface area contributed by atoms with Crippen molar-refractivity contribution in [3.63, 3.8) is 0 Å². The summed E-state index contributed by atoms with van der Waals surface area (Å²) in [6.45, 7) is 7.12. The van der Waals surface area contributed by atoms with Crippen molar-refractivity contribution in [1.82, 2.24) is 15.1 Å². The summed E-state index contributed by atoms with van der Waals surface area (Å²) in [4.78, 5) is 10.7. The van der Waals surface area contributed by atoms with Gasteiger partial charge in [0.1, 0.15) is 5.69 Å². The van der Waals surface area contributed by atoms with Crippen LogP contribution in [0.4, 0.5) is 11.5 Å². The first-order chi connectivity index (χ1) is 9.13. The lowest BCUT2D eigenvalue weighted by molar-refractivity contribution is -0.384. The Labute approximate surface area is 112 Å². The second-order valence-corrected chi connectivity index (χ2v) is 4.93. The predicted molar refractivity (Wildman–Crippen MR) is 73.4 cm³/mol. The van der Waals surface area contributed by atoms with Crippen LogP contribution in [-0.4, -0.2) is 34.3 Å². The van der Waals surface area contributed by atoms with Gasteiger partial charge in [-0.05, 0) is 45.7 Å². The van der Waals surface area contributed by atoms with Crippen molar-refractivity contribution in [3.8, 4) is 0 Å². The molecule has 1 fully saturated rings. The number of aromatic nitrogens is 2. The second-order valence-electron chi connectivity index (χ2n) is 4.93. The summed E-state index contributed by atoms with van der Waals surface area (Å²) >= 11 is 0. The Hall–Kier alpha value is -1.63. The molecule has 0 radical (unpaired) electrons. The van der Waals surface area contributed by atoms with E-state index in [0.717, 1.165) is 26.1 Å². The third-order valence-corrected chi connectivity index (χ3v) is 3.59. The van der Waals surface area contributed by atoms with E-state index in [-0.39, 0.29) is 10.6 Å². The molecule has 7 nitrogen and oxygen atoms in total. The average molecular weight is 267 g/mol. The van der Waals surface area contributed by atoms with E-state index in [4.69, 9.17) is 0 Å². The molecule has 2 N–H and O–H groups in total. The molecule has 0 amide bonds. The number of nitro groups is 1. The maximum atomic E-state index is 11.1. The molecular formula is C12H21N5O2. The van der Waals surface area contributed by atoms with Gasteiger partial charge in [0.15, 0.2) is 0 Å². The highest BCUT2D eigenvalue weighted by Crippen LogP contribution is 2.28. The quantitative estimate of drug-likeness (QED) is 0.603. The molecule has 1 unspecified atom stereocenters. The van der Waals surface area contributed by atoms with Crippen molar-refractivity contribution in [1.29, 1.82) is 0 Å². The largest absolute Gasteiger partial charge is 0.365 e. The molecule has 0 saturated carbocycles. The molecule has 19 heavy (non-hydrogen) atoms. The summed E-state index contributed by atoms with van der Waals surface area (Å²) in [5.41, 5.74) is 0.572. The minimum absolute atomic E-state index is 0.103. The molecule has 1 aliphatic rings. The molecule has 0 spiro atoms. The Bertz CT molecular complexity index is 451. The Balaban J connectivity index is 2.03. The van der Waals surface area contributed by atoms with Crippen molar-refractivity contribution in [2.45, 2.75) is 33.2 Å². The number of nitrogens with one attached hydrogen (secondary N) is 2. The molecular weight excluding hydrogens is 246 g/mol. The van der Waals surface area contributed by atoms with Crippen LogP contribution in [-0.2, 0) is 6.54 Å². The lowest BCUT2D eigenvalue weighted by Crippen LogP contribution is -2.15. The number of anilines is 1. The van der Waals surface area contributed by atoms with Crippen LogP contribution < -0.4 is 10.6 Å². The fourth-order valence-electron chi connectivity index (χ4n) is 2.55. The van der Waals surface area contributed by atoms with Crippen molar-refractivity contribution >= 4 is 11.5 Å². The van der Waals surface area contributed by atoms with Crippen molar-refractivity contribution in [2.75, 3.05) is 25.0 Å². The van der Waals surface area contributed by atoms with Gasteiger partial charge in [-0.15, -0.1) is 0 Å². The molecule has 7 heteroatoms. The van der Waals surface area contributed by atoms with Gasteiger partial charge in [0.25, 0.3) is 0 Å². The van der Waals surface area contributed by atoms with Crippen LogP contribution >= 0.6 is 0 Å². The van der Waals surface area contributed by atoms with Crippen LogP contribution in [0.5, 0.6) is 0 Å². The van der Waals surface area contributed by atoms with Crippen LogP contribution in [0.25, 0.3) is 0 Å². The van der Waals surface area contributed by atoms with E-state index in [0.29, 0.717) is 24.0 Å². The fourth-order valence-corrected chi connectivity index (χ4v) is 2.55. The molecule has 0 aromatic carbocycles. The molecule has 0 aliphatic carbocycles. The molecule has 1 aromatic rings. The van der Waals surface area contributed by atoms with Crippen molar-refractivity contribution in [3.05, 3.63) is 15.8 Å². The summed E-state index contributed by atoms with van der Waals surface area (Å²) in [6.07, 6.45) is 2.22. The van der Waals surface area contributed by atoms with Gasteiger partial charge in [0.05, 0.1) is 4.92 Å². The Morgan fingerprint density at radius 3 is 3.00 bits per heavy atom. The summed E-state index contributed by atoms with van der Waals surface area (Å²) in [6, 6.07) is 0. The van der Waals surface area contributed by atoms with E-state index in [2.05, 4.69) is 15.7 Å². The second kappa shape index (κ2) is 6.01. The normalized spacial score (nSPS) is 18.7. The predicted octanol–water partition coefficient (Wildman–Crippen LogP) is 1.53. The first kappa shape index (κ1) is 13.8. The Kier molecular flexibility index (Phi) is 4.36. The van der Waals surface area contributed by atoms with Crippen LogP contribution in [0, 0.1) is 23.0 Å². The zero-order valence-corrected chi connectivity index (χ0v) is 11.5. The molecule has 2 rings (SSSR count). The van der Waals surface area contributed by atoms with Crippen LogP contribution in [0.2, 0.25) is 0 Å². The zero-order chi connectivity index (χ0) is 13.8. The standard InChI is InChI=1S/C12H21N5O2/c1-3-16-12(11(17(18)19)9(2)15-16)14-7-5-10-4-6-13-8-10/h10,13-14H,3-8H2,1-2H3. The molecule has 106 valence electrons.